The summed E-state index contributed by atoms with van der Waals surface area (Å²) in [5, 5.41) is 0. The number of likely N-dealkylation sites (N-methyl/N-ethyl adjacent to an activating group) is 1. The van der Waals surface area contributed by atoms with Gasteiger partial charge in [0.2, 0.25) is 5.91 Å². The molecule has 0 aromatic heterocycles. The lowest BCUT2D eigenvalue weighted by Gasteiger charge is -2.40. The number of benzene rings is 1. The molecule has 2 nitrogen and oxygen atoms in total. The molecule has 0 spiro atoms. The van der Waals surface area contributed by atoms with E-state index >= 15 is 0 Å². The highest BCUT2D eigenvalue weighted by atomic mass is 16.2. The molecule has 1 aromatic rings. The van der Waals surface area contributed by atoms with Crippen molar-refractivity contribution in [2.75, 3.05) is 7.05 Å². The third kappa shape index (κ3) is 7.01. The van der Waals surface area contributed by atoms with Crippen molar-refractivity contribution >= 4 is 5.91 Å². The first-order chi connectivity index (χ1) is 17.1. The second kappa shape index (κ2) is 13.1. The number of rotatable bonds is 9. The Bertz CT molecular complexity index is 774. The van der Waals surface area contributed by atoms with Crippen LogP contribution in [0.15, 0.2) is 36.9 Å². The van der Waals surface area contributed by atoms with Crippen molar-refractivity contribution in [2.24, 2.45) is 17.8 Å². The molecular formula is C33H51NO. The Labute approximate surface area is 215 Å². The van der Waals surface area contributed by atoms with Crippen molar-refractivity contribution in [3.05, 3.63) is 48.0 Å². The van der Waals surface area contributed by atoms with Gasteiger partial charge in [-0.15, -0.1) is 0 Å². The van der Waals surface area contributed by atoms with Crippen LogP contribution in [0.4, 0.5) is 0 Å². The van der Waals surface area contributed by atoms with Crippen LogP contribution in [-0.2, 0) is 4.79 Å². The minimum absolute atomic E-state index is 0.0788. The number of amides is 1. The predicted octanol–water partition coefficient (Wildman–Crippen LogP) is 9.02. The molecule has 3 saturated carbocycles. The molecule has 0 bridgehead atoms. The first kappa shape index (κ1) is 26.5. The van der Waals surface area contributed by atoms with Crippen molar-refractivity contribution in [2.45, 2.75) is 128 Å². The summed E-state index contributed by atoms with van der Waals surface area (Å²) >= 11 is 0. The largest absolute Gasteiger partial charge is 0.339 e. The third-order valence-electron chi connectivity index (χ3n) is 10.2. The van der Waals surface area contributed by atoms with Gasteiger partial charge in [-0.05, 0) is 124 Å². The molecule has 194 valence electrons. The van der Waals surface area contributed by atoms with Crippen LogP contribution in [0.25, 0.3) is 0 Å². The fourth-order valence-corrected chi connectivity index (χ4v) is 7.72. The fourth-order valence-electron chi connectivity index (χ4n) is 7.72. The number of carbonyl (C=O) groups is 1. The van der Waals surface area contributed by atoms with Gasteiger partial charge in [0.15, 0.2) is 0 Å². The van der Waals surface area contributed by atoms with E-state index in [-0.39, 0.29) is 5.91 Å². The zero-order valence-electron chi connectivity index (χ0n) is 22.7. The number of hydrogen-bond acceptors (Lipinski definition) is 1. The van der Waals surface area contributed by atoms with E-state index in [1.54, 1.807) is 11.1 Å². The Kier molecular flexibility index (Phi) is 9.92. The van der Waals surface area contributed by atoms with E-state index < -0.39 is 0 Å². The lowest BCUT2D eigenvalue weighted by atomic mass is 9.69. The van der Waals surface area contributed by atoms with E-state index in [9.17, 15) is 4.79 Å². The van der Waals surface area contributed by atoms with Gasteiger partial charge >= 0.3 is 0 Å². The summed E-state index contributed by atoms with van der Waals surface area (Å²) < 4.78 is 0. The van der Waals surface area contributed by atoms with Crippen molar-refractivity contribution in [1.29, 1.82) is 0 Å². The van der Waals surface area contributed by atoms with Gasteiger partial charge in [-0.1, -0.05) is 63.5 Å². The van der Waals surface area contributed by atoms with Crippen molar-refractivity contribution in [3.63, 3.8) is 0 Å². The van der Waals surface area contributed by atoms with Gasteiger partial charge in [0, 0.05) is 13.1 Å². The molecule has 3 aliphatic carbocycles. The van der Waals surface area contributed by atoms with E-state index in [0.717, 1.165) is 29.6 Å². The van der Waals surface area contributed by atoms with Crippen LogP contribution >= 0.6 is 0 Å². The average Bonchev–Trinajstić information content (AvgIpc) is 2.93. The Morgan fingerprint density at radius 1 is 0.800 bits per heavy atom. The average molecular weight is 478 g/mol. The standard InChI is InChI=1S/C33H51NO/c1-4-6-7-8-25-9-11-26(12-10-25)27-13-15-28(16-14-27)29-17-19-30(20-18-29)31-21-23-32(24-22-31)34(3)33(35)5-2/h5,13-16,25-26,29-32H,2,4,6-12,17-24H2,1,3H3. The molecular weight excluding hydrogens is 426 g/mol. The Balaban J connectivity index is 1.19. The molecule has 0 unspecified atom stereocenters. The summed E-state index contributed by atoms with van der Waals surface area (Å²) in [7, 11) is 1.95. The molecule has 0 aliphatic heterocycles. The van der Waals surface area contributed by atoms with E-state index in [1.165, 1.54) is 109 Å². The number of carbonyl (C=O) groups excluding carboxylic acids is 1. The molecule has 3 fully saturated rings. The van der Waals surface area contributed by atoms with Gasteiger partial charge in [-0.25, -0.2) is 0 Å². The highest BCUT2D eigenvalue weighted by Gasteiger charge is 2.33. The highest BCUT2D eigenvalue weighted by molar-refractivity contribution is 5.87. The van der Waals surface area contributed by atoms with Gasteiger partial charge < -0.3 is 4.90 Å². The lowest BCUT2D eigenvalue weighted by Crippen LogP contribution is -2.39. The summed E-state index contributed by atoms with van der Waals surface area (Å²) in [4.78, 5) is 13.9. The molecule has 0 atom stereocenters. The van der Waals surface area contributed by atoms with E-state index in [1.807, 2.05) is 11.9 Å². The summed E-state index contributed by atoms with van der Waals surface area (Å²) in [6, 6.07) is 10.3. The van der Waals surface area contributed by atoms with E-state index in [2.05, 4.69) is 37.8 Å². The molecule has 0 heterocycles. The van der Waals surface area contributed by atoms with Crippen LogP contribution in [0.2, 0.25) is 0 Å². The molecule has 0 N–H and O–H groups in total. The maximum absolute atomic E-state index is 11.9. The Morgan fingerprint density at radius 3 is 1.77 bits per heavy atom. The molecule has 0 radical (unpaired) electrons. The lowest BCUT2D eigenvalue weighted by molar-refractivity contribution is -0.127. The molecule has 4 rings (SSSR count). The van der Waals surface area contributed by atoms with Crippen LogP contribution in [-0.4, -0.2) is 23.9 Å². The minimum atomic E-state index is 0.0788. The number of nitrogens with zero attached hydrogens (tertiary/aromatic N) is 1. The normalized spacial score (nSPS) is 31.6. The zero-order chi connectivity index (χ0) is 24.6. The first-order valence-corrected chi connectivity index (χ1v) is 15.1. The SMILES string of the molecule is C=CC(=O)N(C)C1CCC(C2CCC(c3ccc(C4CCC(CCCCC)CC4)cc3)CC2)CC1. The molecule has 1 aromatic carbocycles. The van der Waals surface area contributed by atoms with Gasteiger partial charge in [-0.2, -0.15) is 0 Å². The van der Waals surface area contributed by atoms with Gasteiger partial charge in [0.25, 0.3) is 0 Å². The van der Waals surface area contributed by atoms with Crippen LogP contribution in [0.3, 0.4) is 0 Å². The van der Waals surface area contributed by atoms with Crippen molar-refractivity contribution in [1.82, 2.24) is 4.90 Å². The molecule has 3 aliphatic rings. The second-order valence-electron chi connectivity index (χ2n) is 12.2. The summed E-state index contributed by atoms with van der Waals surface area (Å²) in [6.07, 6.45) is 23.3. The zero-order valence-corrected chi connectivity index (χ0v) is 22.7. The summed E-state index contributed by atoms with van der Waals surface area (Å²) in [5.74, 6) is 4.42. The third-order valence-corrected chi connectivity index (χ3v) is 10.2. The van der Waals surface area contributed by atoms with Crippen LogP contribution < -0.4 is 0 Å². The molecule has 2 heteroatoms. The second-order valence-corrected chi connectivity index (χ2v) is 12.2. The molecule has 0 saturated heterocycles. The Hall–Kier alpha value is -1.57. The van der Waals surface area contributed by atoms with Crippen molar-refractivity contribution < 1.29 is 4.79 Å². The van der Waals surface area contributed by atoms with Crippen molar-refractivity contribution in [3.8, 4) is 0 Å². The smallest absolute Gasteiger partial charge is 0.245 e. The summed E-state index contributed by atoms with van der Waals surface area (Å²) in [6.45, 7) is 5.96. The Morgan fingerprint density at radius 2 is 1.29 bits per heavy atom. The maximum atomic E-state index is 11.9. The van der Waals surface area contributed by atoms with Crippen LogP contribution in [0.1, 0.15) is 133 Å². The monoisotopic (exact) mass is 477 g/mol. The van der Waals surface area contributed by atoms with E-state index in [0.29, 0.717) is 6.04 Å². The van der Waals surface area contributed by atoms with Gasteiger partial charge in [0.1, 0.15) is 0 Å². The molecule has 1 amide bonds. The van der Waals surface area contributed by atoms with Gasteiger partial charge in [-0.3, -0.25) is 4.79 Å². The maximum Gasteiger partial charge on any atom is 0.245 e. The number of hydrogen-bond donors (Lipinski definition) is 0. The van der Waals surface area contributed by atoms with E-state index in [4.69, 9.17) is 0 Å². The predicted molar refractivity (Wildman–Crippen MR) is 149 cm³/mol. The van der Waals surface area contributed by atoms with Crippen LogP contribution in [0.5, 0.6) is 0 Å². The first-order valence-electron chi connectivity index (χ1n) is 15.1. The number of unbranched alkanes of at least 4 members (excludes halogenated alkanes) is 2. The molecule has 35 heavy (non-hydrogen) atoms. The quantitative estimate of drug-likeness (QED) is 0.257. The summed E-state index contributed by atoms with van der Waals surface area (Å²) in [5.41, 5.74) is 3.19. The topological polar surface area (TPSA) is 20.3 Å². The van der Waals surface area contributed by atoms with Gasteiger partial charge in [0.05, 0.1) is 0 Å². The fraction of sp³-hybridized carbons (Fsp3) is 0.727. The highest BCUT2D eigenvalue weighted by Crippen LogP contribution is 2.44. The minimum Gasteiger partial charge on any atom is -0.339 e. The van der Waals surface area contributed by atoms with Crippen LogP contribution in [0, 0.1) is 17.8 Å².